The fourth-order valence-corrected chi connectivity index (χ4v) is 3.54. The van der Waals surface area contributed by atoms with Crippen molar-refractivity contribution in [2.75, 3.05) is 31.6 Å². The van der Waals surface area contributed by atoms with Gasteiger partial charge in [0.25, 0.3) is 0 Å². The fraction of sp³-hybridized carbons (Fsp3) is 0.600. The zero-order chi connectivity index (χ0) is 24.4. The molecule has 1 fully saturated rings. The highest BCUT2D eigenvalue weighted by atomic mass is 16.5. The Bertz CT molecular complexity index is 1010. The summed E-state index contributed by atoms with van der Waals surface area (Å²) in [5.74, 6) is -0.706. The summed E-state index contributed by atoms with van der Waals surface area (Å²) in [5.41, 5.74) is -1.17. The van der Waals surface area contributed by atoms with Gasteiger partial charge in [0, 0.05) is 60.9 Å². The summed E-state index contributed by atoms with van der Waals surface area (Å²) < 4.78 is 40.4. The van der Waals surface area contributed by atoms with Crippen LogP contribution >= 0.6 is 0 Å². The monoisotopic (exact) mass is 406 g/mol. The van der Waals surface area contributed by atoms with Crippen molar-refractivity contribution in [1.29, 1.82) is 0 Å². The highest BCUT2D eigenvalue weighted by Gasteiger charge is 2.43. The molecule has 0 N–H and O–H groups in total. The average Bonchev–Trinajstić information content (AvgIpc) is 3.16. The van der Waals surface area contributed by atoms with Crippen LogP contribution in [-0.4, -0.2) is 63.1 Å². The third-order valence-electron chi connectivity index (χ3n) is 5.24. The third kappa shape index (κ3) is 4.40. The van der Waals surface area contributed by atoms with E-state index in [1.54, 1.807) is 31.2 Å². The lowest BCUT2D eigenvalue weighted by Crippen LogP contribution is -2.59. The Morgan fingerprint density at radius 2 is 1.86 bits per heavy atom. The van der Waals surface area contributed by atoms with Crippen LogP contribution in [0.25, 0.3) is 0 Å². The number of likely N-dealkylation sites (tertiary alicyclic amines) is 1. The number of methoxy groups -OCH3 is 1. The quantitative estimate of drug-likeness (QED) is 0.615. The first-order valence-electron chi connectivity index (χ1n) is 11.7. The Morgan fingerprint density at radius 3 is 2.41 bits per heavy atom. The number of nitrogens with zero attached hydrogens (tertiary/aromatic N) is 6. The maximum absolute atomic E-state index is 13.1. The van der Waals surface area contributed by atoms with Gasteiger partial charge in [-0.3, -0.25) is 9.69 Å². The number of tetrazole rings is 1. The molecule has 0 saturated carbocycles. The molecule has 2 aromatic rings. The fourth-order valence-electron chi connectivity index (χ4n) is 3.54. The van der Waals surface area contributed by atoms with Crippen molar-refractivity contribution in [3.05, 3.63) is 40.8 Å². The summed E-state index contributed by atoms with van der Waals surface area (Å²) >= 11 is 0. The summed E-state index contributed by atoms with van der Waals surface area (Å²) in [4.78, 5) is 28.7. The van der Waals surface area contributed by atoms with Crippen molar-refractivity contribution in [3.63, 3.8) is 0 Å². The number of para-hydroxylation sites is 1. The first-order valence-corrected chi connectivity index (χ1v) is 9.66. The number of carbonyl (C=O) groups is 1. The minimum atomic E-state index is -2.11. The number of hydrogen-bond acceptors (Lipinski definition) is 6. The predicted octanol–water partition coefficient (Wildman–Crippen LogP) is 1.34. The Kier molecular flexibility index (Phi) is 5.24. The van der Waals surface area contributed by atoms with Crippen LogP contribution in [0.1, 0.15) is 38.5 Å². The van der Waals surface area contributed by atoms with Crippen molar-refractivity contribution in [2.45, 2.75) is 51.8 Å². The molecule has 0 unspecified atom stereocenters. The number of benzene rings is 1. The second-order valence-corrected chi connectivity index (χ2v) is 6.80. The molecule has 29 heavy (non-hydrogen) atoms. The van der Waals surface area contributed by atoms with Crippen molar-refractivity contribution in [1.82, 2.24) is 24.7 Å². The Hall–Kier alpha value is -2.52. The van der Waals surface area contributed by atoms with Crippen LogP contribution in [0.3, 0.4) is 0 Å². The highest BCUT2D eigenvalue weighted by Crippen LogP contribution is 2.34. The molecule has 2 heterocycles. The normalized spacial score (nSPS) is 19.7. The summed E-state index contributed by atoms with van der Waals surface area (Å²) in [5, 5.41) is 7.37. The molecule has 158 valence electrons. The van der Waals surface area contributed by atoms with Crippen molar-refractivity contribution >= 4 is 11.6 Å². The Labute approximate surface area is 176 Å². The van der Waals surface area contributed by atoms with E-state index in [0.29, 0.717) is 38.2 Å². The van der Waals surface area contributed by atoms with E-state index in [1.165, 1.54) is 18.9 Å². The molecule has 0 spiro atoms. The second kappa shape index (κ2) is 9.32. The molecule has 0 bridgehead atoms. The maximum atomic E-state index is 13.1. The molecule has 3 rings (SSSR count). The molecule has 9 heteroatoms. The average molecular weight is 407 g/mol. The summed E-state index contributed by atoms with van der Waals surface area (Å²) in [6.45, 7) is 1.81. The van der Waals surface area contributed by atoms with Gasteiger partial charge in [-0.15, -0.1) is 0 Å². The number of anilines is 1. The van der Waals surface area contributed by atoms with Crippen LogP contribution in [0.15, 0.2) is 35.1 Å². The molecule has 1 amide bonds. The molecule has 1 aliphatic rings. The molecule has 0 atom stereocenters. The molecule has 1 saturated heterocycles. The molecule has 1 aromatic heterocycles. The third-order valence-corrected chi connectivity index (χ3v) is 5.24. The van der Waals surface area contributed by atoms with Crippen LogP contribution in [0, 0.1) is 0 Å². The van der Waals surface area contributed by atoms with Crippen LogP contribution in [0.2, 0.25) is 0 Å². The first-order chi connectivity index (χ1) is 15.4. The van der Waals surface area contributed by atoms with Gasteiger partial charge in [-0.25, -0.2) is 4.79 Å². The van der Waals surface area contributed by atoms with E-state index in [-0.39, 0.29) is 6.54 Å². The van der Waals surface area contributed by atoms with Gasteiger partial charge in [-0.1, -0.05) is 25.1 Å². The second-order valence-electron chi connectivity index (χ2n) is 6.80. The summed E-state index contributed by atoms with van der Waals surface area (Å²) in [7, 11) is 1.49. The topological polar surface area (TPSA) is 85.5 Å². The van der Waals surface area contributed by atoms with E-state index in [0.717, 1.165) is 9.36 Å². The number of ether oxygens (including phenoxy) is 1. The van der Waals surface area contributed by atoms with E-state index >= 15 is 0 Å². The van der Waals surface area contributed by atoms with E-state index in [4.69, 9.17) is 10.2 Å². The minimum absolute atomic E-state index is 0.0942. The maximum Gasteiger partial charge on any atom is 0.363 e. The zero-order valence-electron chi connectivity index (χ0n) is 21.0. The molecule has 1 aromatic carbocycles. The Balaban J connectivity index is 1.82. The van der Waals surface area contributed by atoms with E-state index in [2.05, 4.69) is 10.4 Å². The SMILES string of the molecule is [2H]C([2H])(C)C(=O)N(c1ccccc1)C1(OC)CCN(CC([2H])([2H])n2nnn(CC)c2=O)CC1. The number of hydrogen-bond donors (Lipinski definition) is 0. The molecule has 1 aliphatic heterocycles. The number of aryl methyl sites for hydroxylation is 1. The van der Waals surface area contributed by atoms with E-state index < -0.39 is 30.2 Å². The molecular formula is C20H30N6O3. The van der Waals surface area contributed by atoms with Crippen LogP contribution in [0.4, 0.5) is 5.69 Å². The van der Waals surface area contributed by atoms with Gasteiger partial charge in [-0.2, -0.15) is 9.36 Å². The van der Waals surface area contributed by atoms with Gasteiger partial charge in [0.1, 0.15) is 5.72 Å². The first kappa shape index (κ1) is 16.3. The number of aromatic nitrogens is 4. The number of amides is 1. The molecule has 9 nitrogen and oxygen atoms in total. The number of rotatable bonds is 8. The van der Waals surface area contributed by atoms with Gasteiger partial charge >= 0.3 is 5.69 Å². The lowest BCUT2D eigenvalue weighted by molar-refractivity contribution is -0.128. The Morgan fingerprint density at radius 1 is 1.21 bits per heavy atom. The van der Waals surface area contributed by atoms with Gasteiger partial charge in [0.2, 0.25) is 5.91 Å². The van der Waals surface area contributed by atoms with Crippen LogP contribution < -0.4 is 10.6 Å². The zero-order valence-corrected chi connectivity index (χ0v) is 17.0. The summed E-state index contributed by atoms with van der Waals surface area (Å²) in [6.07, 6.45) is -1.46. The van der Waals surface area contributed by atoms with Crippen molar-refractivity contribution in [3.8, 4) is 0 Å². The number of piperidine rings is 1. The molecule has 0 aliphatic carbocycles. The van der Waals surface area contributed by atoms with Crippen LogP contribution in [0.5, 0.6) is 0 Å². The standard InChI is InChI=1S/C20H30N6O3/c1-4-18(27)26(17-9-7-6-8-10-17)20(29-3)11-13-23(14-12-20)15-16-25-19(28)24(5-2)21-22-25/h6-10H,4-5,11-16H2,1-3H3/i4D2,16D2. The lowest BCUT2D eigenvalue weighted by atomic mass is 9.96. The van der Waals surface area contributed by atoms with Gasteiger partial charge < -0.3 is 9.64 Å². The number of carbonyl (C=O) groups excluding carboxylic acids is 1. The van der Waals surface area contributed by atoms with Gasteiger partial charge in [-0.05, 0) is 29.5 Å². The van der Waals surface area contributed by atoms with Gasteiger partial charge in [0.05, 0.1) is 9.24 Å². The lowest BCUT2D eigenvalue weighted by Gasteiger charge is -2.47. The van der Waals surface area contributed by atoms with E-state index in [9.17, 15) is 9.59 Å². The van der Waals surface area contributed by atoms with Crippen molar-refractivity contribution < 1.29 is 15.0 Å². The van der Waals surface area contributed by atoms with Crippen molar-refractivity contribution in [2.24, 2.45) is 0 Å². The molecule has 0 radical (unpaired) electrons. The summed E-state index contributed by atoms with van der Waals surface area (Å²) in [6, 6.07) is 8.83. The van der Waals surface area contributed by atoms with Crippen LogP contribution in [-0.2, 0) is 22.6 Å². The van der Waals surface area contributed by atoms with E-state index in [1.807, 2.05) is 11.0 Å². The molecular weight excluding hydrogens is 372 g/mol. The highest BCUT2D eigenvalue weighted by molar-refractivity contribution is 5.94. The largest absolute Gasteiger partial charge is 0.363 e. The minimum Gasteiger partial charge on any atom is -0.358 e. The van der Waals surface area contributed by atoms with Gasteiger partial charge in [0.15, 0.2) is 0 Å². The smallest absolute Gasteiger partial charge is 0.358 e. The predicted molar refractivity (Wildman–Crippen MR) is 110 cm³/mol.